The van der Waals surface area contributed by atoms with Crippen molar-refractivity contribution in [1.29, 1.82) is 0 Å². The first-order valence-corrected chi connectivity index (χ1v) is 9.87. The highest BCUT2D eigenvalue weighted by Gasteiger charge is 2.20. The van der Waals surface area contributed by atoms with E-state index in [-0.39, 0.29) is 0 Å². The summed E-state index contributed by atoms with van der Waals surface area (Å²) in [6.45, 7) is 5.07. The zero-order chi connectivity index (χ0) is 18.6. The summed E-state index contributed by atoms with van der Waals surface area (Å²) in [7, 11) is 0. The molecule has 4 rings (SSSR count). The third-order valence-corrected chi connectivity index (χ3v) is 5.77. The first-order valence-electron chi connectivity index (χ1n) is 9.10. The summed E-state index contributed by atoms with van der Waals surface area (Å²) in [5.41, 5.74) is 1.83. The van der Waals surface area contributed by atoms with Gasteiger partial charge in [-0.25, -0.2) is 4.79 Å². The molecule has 1 aliphatic rings. The van der Waals surface area contributed by atoms with Crippen molar-refractivity contribution in [2.45, 2.75) is 6.42 Å². The fraction of sp³-hybridized carbons (Fsp3) is 0.300. The number of amides is 1. The third kappa shape index (κ3) is 4.20. The maximum atomic E-state index is 10.6. The summed E-state index contributed by atoms with van der Waals surface area (Å²) in [5, 5.41) is 12.4. The summed E-state index contributed by atoms with van der Waals surface area (Å²) < 4.78 is 5.91. The van der Waals surface area contributed by atoms with E-state index in [2.05, 4.69) is 43.8 Å². The molecule has 140 valence electrons. The highest BCUT2D eigenvalue weighted by molar-refractivity contribution is 7.13. The molecule has 0 spiro atoms. The average molecular weight is 382 g/mol. The lowest BCUT2D eigenvalue weighted by molar-refractivity contribution is 0.210. The van der Waals surface area contributed by atoms with Crippen molar-refractivity contribution in [2.75, 3.05) is 42.9 Å². The lowest BCUT2D eigenvalue weighted by Gasteiger charge is -2.35. The van der Waals surface area contributed by atoms with Gasteiger partial charge in [-0.3, -0.25) is 10.2 Å². The molecular weight excluding hydrogens is 360 g/mol. The minimum atomic E-state index is -1.03. The zero-order valence-electron chi connectivity index (χ0n) is 15.0. The molecule has 1 amide bonds. The topological polar surface area (TPSA) is 68.7 Å². The Morgan fingerprint density at radius 2 is 1.81 bits per heavy atom. The van der Waals surface area contributed by atoms with Crippen LogP contribution >= 0.6 is 11.5 Å². The van der Waals surface area contributed by atoms with E-state index >= 15 is 0 Å². The van der Waals surface area contributed by atoms with Crippen LogP contribution in [0.3, 0.4) is 0 Å². The first-order chi connectivity index (χ1) is 13.2. The minimum absolute atomic E-state index is 0.607. The number of nitrogens with one attached hydrogen (secondary N) is 1. The monoisotopic (exact) mass is 382 g/mol. The fourth-order valence-electron chi connectivity index (χ4n) is 3.45. The molecule has 2 aromatic carbocycles. The van der Waals surface area contributed by atoms with E-state index < -0.39 is 6.09 Å². The summed E-state index contributed by atoms with van der Waals surface area (Å²) in [6.07, 6.45) is -0.0685. The molecule has 1 saturated heterocycles. The van der Waals surface area contributed by atoms with Gasteiger partial charge >= 0.3 is 6.09 Å². The largest absolute Gasteiger partial charge is 0.465 e. The van der Waals surface area contributed by atoms with E-state index in [4.69, 9.17) is 5.11 Å². The van der Waals surface area contributed by atoms with E-state index in [1.165, 1.54) is 15.6 Å². The molecular formula is C20H22N4O2S. The van der Waals surface area contributed by atoms with Gasteiger partial charge in [-0.15, -0.1) is 0 Å². The van der Waals surface area contributed by atoms with Crippen LogP contribution in [0.5, 0.6) is 0 Å². The van der Waals surface area contributed by atoms with Gasteiger partial charge < -0.3 is 10.0 Å². The summed E-state index contributed by atoms with van der Waals surface area (Å²) in [4.78, 5) is 15.5. The lowest BCUT2D eigenvalue weighted by Crippen LogP contribution is -2.47. The van der Waals surface area contributed by atoms with E-state index in [9.17, 15) is 4.79 Å². The molecule has 0 radical (unpaired) electrons. The number of hydrogen-bond donors (Lipinski definition) is 2. The van der Waals surface area contributed by atoms with Gasteiger partial charge in [-0.05, 0) is 47.8 Å². The second-order valence-corrected chi connectivity index (χ2v) is 7.51. The highest BCUT2D eigenvalue weighted by atomic mass is 32.1. The Hall–Kier alpha value is -2.64. The molecule has 7 heteroatoms. The summed E-state index contributed by atoms with van der Waals surface area (Å²) in [6, 6.07) is 16.0. The van der Waals surface area contributed by atoms with Gasteiger partial charge in [0.15, 0.2) is 0 Å². The predicted molar refractivity (Wildman–Crippen MR) is 110 cm³/mol. The van der Waals surface area contributed by atoms with Crippen molar-refractivity contribution in [3.05, 3.63) is 54.1 Å². The molecule has 0 atom stereocenters. The number of benzene rings is 2. The van der Waals surface area contributed by atoms with Crippen LogP contribution in [-0.4, -0.2) is 53.2 Å². The molecule has 0 bridgehead atoms. The average Bonchev–Trinajstić information content (AvgIpc) is 3.12. The third-order valence-electron chi connectivity index (χ3n) is 4.95. The van der Waals surface area contributed by atoms with Crippen molar-refractivity contribution >= 4 is 39.2 Å². The zero-order valence-corrected chi connectivity index (χ0v) is 15.8. The normalized spacial score (nSPS) is 15.2. The van der Waals surface area contributed by atoms with Crippen LogP contribution in [0, 0.1) is 0 Å². The molecule has 2 N–H and O–H groups in total. The van der Waals surface area contributed by atoms with Crippen molar-refractivity contribution < 1.29 is 9.90 Å². The number of hydrogen-bond acceptors (Lipinski definition) is 5. The van der Waals surface area contributed by atoms with Gasteiger partial charge in [-0.1, -0.05) is 24.3 Å². The molecule has 3 aromatic rings. The molecule has 27 heavy (non-hydrogen) atoms. The summed E-state index contributed by atoms with van der Waals surface area (Å²) >= 11 is 1.57. The molecule has 1 aliphatic heterocycles. The van der Waals surface area contributed by atoms with Crippen molar-refractivity contribution in [3.63, 3.8) is 0 Å². The molecule has 2 heterocycles. The van der Waals surface area contributed by atoms with Crippen LogP contribution in [-0.2, 0) is 6.42 Å². The van der Waals surface area contributed by atoms with Gasteiger partial charge in [0, 0.05) is 43.8 Å². The van der Waals surface area contributed by atoms with Gasteiger partial charge in [0.25, 0.3) is 0 Å². The van der Waals surface area contributed by atoms with Gasteiger partial charge in [0.1, 0.15) is 5.82 Å². The second-order valence-electron chi connectivity index (χ2n) is 6.71. The Morgan fingerprint density at radius 3 is 2.56 bits per heavy atom. The standard InChI is InChI=1S/C20H22N4O2S/c25-20(26)21-16-7-5-15(6-8-16)9-10-23-11-13-24(14-12-23)19-17-3-1-2-4-18(17)27-22-19/h1-8,21H,9-14H2,(H,25,26). The first kappa shape index (κ1) is 17.8. The molecule has 1 fully saturated rings. The van der Waals surface area contributed by atoms with Crippen molar-refractivity contribution in [2.24, 2.45) is 0 Å². The Bertz CT molecular complexity index is 917. The molecule has 0 saturated carbocycles. The highest BCUT2D eigenvalue weighted by Crippen LogP contribution is 2.29. The van der Waals surface area contributed by atoms with Crippen molar-refractivity contribution in [3.8, 4) is 0 Å². The van der Waals surface area contributed by atoms with E-state index in [1.807, 2.05) is 24.3 Å². The Labute approximate surface area is 162 Å². The predicted octanol–water partition coefficient (Wildman–Crippen LogP) is 3.75. The van der Waals surface area contributed by atoms with Crippen LogP contribution in [0.25, 0.3) is 10.1 Å². The second kappa shape index (κ2) is 7.94. The van der Waals surface area contributed by atoms with E-state index in [0.29, 0.717) is 5.69 Å². The van der Waals surface area contributed by atoms with Crippen LogP contribution in [0.2, 0.25) is 0 Å². The van der Waals surface area contributed by atoms with E-state index in [0.717, 1.165) is 45.0 Å². The smallest absolute Gasteiger partial charge is 0.409 e. The number of nitrogens with zero attached hydrogens (tertiary/aromatic N) is 3. The number of piperazine rings is 1. The quantitative estimate of drug-likeness (QED) is 0.703. The number of fused-ring (bicyclic) bond motifs is 1. The van der Waals surface area contributed by atoms with Crippen LogP contribution < -0.4 is 10.2 Å². The Kier molecular flexibility index (Phi) is 5.22. The summed E-state index contributed by atoms with van der Waals surface area (Å²) in [5.74, 6) is 1.12. The molecule has 0 unspecified atom stereocenters. The maximum Gasteiger partial charge on any atom is 0.409 e. The van der Waals surface area contributed by atoms with Crippen LogP contribution in [0.15, 0.2) is 48.5 Å². The van der Waals surface area contributed by atoms with Gasteiger partial charge in [0.05, 0.1) is 4.70 Å². The van der Waals surface area contributed by atoms with Crippen LogP contribution in [0.1, 0.15) is 5.56 Å². The number of aromatic nitrogens is 1. The van der Waals surface area contributed by atoms with Gasteiger partial charge in [0.2, 0.25) is 0 Å². The maximum absolute atomic E-state index is 10.6. The van der Waals surface area contributed by atoms with Gasteiger partial charge in [-0.2, -0.15) is 4.37 Å². The number of rotatable bonds is 5. The molecule has 6 nitrogen and oxygen atoms in total. The Balaban J connectivity index is 1.29. The Morgan fingerprint density at radius 1 is 1.07 bits per heavy atom. The van der Waals surface area contributed by atoms with E-state index in [1.54, 1.807) is 11.5 Å². The molecule has 1 aromatic heterocycles. The number of anilines is 2. The lowest BCUT2D eigenvalue weighted by atomic mass is 10.1. The number of carboxylic acid groups (broad SMARTS) is 1. The van der Waals surface area contributed by atoms with Crippen LogP contribution in [0.4, 0.5) is 16.3 Å². The molecule has 0 aliphatic carbocycles. The number of carbonyl (C=O) groups is 1. The SMILES string of the molecule is O=C(O)Nc1ccc(CCN2CCN(c3nsc4ccccc34)CC2)cc1. The fourth-order valence-corrected chi connectivity index (χ4v) is 4.25. The van der Waals surface area contributed by atoms with Crippen molar-refractivity contribution in [1.82, 2.24) is 9.27 Å². The minimum Gasteiger partial charge on any atom is -0.465 e.